The Hall–Kier alpha value is -1.56. The van der Waals surface area contributed by atoms with Gasteiger partial charge in [0.25, 0.3) is 0 Å². The van der Waals surface area contributed by atoms with Crippen molar-refractivity contribution < 1.29 is 13.2 Å². The monoisotopic (exact) mass is 254 g/mol. The molecule has 0 spiro atoms. The molecule has 1 saturated heterocycles. The molecule has 1 aliphatic heterocycles. The topological polar surface area (TPSA) is 66.5 Å². The summed E-state index contributed by atoms with van der Waals surface area (Å²) in [6.45, 7) is 1.35. The van der Waals surface area contributed by atoms with Gasteiger partial charge in [0.15, 0.2) is 9.84 Å². The molecule has 92 valence electrons. The van der Waals surface area contributed by atoms with E-state index in [1.807, 2.05) is 0 Å². The van der Waals surface area contributed by atoms with Gasteiger partial charge in [-0.1, -0.05) is 0 Å². The normalized spacial score (nSPS) is 16.8. The lowest BCUT2D eigenvalue weighted by atomic mass is 10.2. The zero-order valence-corrected chi connectivity index (χ0v) is 10.3. The molecule has 1 aromatic carbocycles. The van der Waals surface area contributed by atoms with Crippen molar-refractivity contribution in [3.05, 3.63) is 24.3 Å². The summed E-state index contributed by atoms with van der Waals surface area (Å²) in [7, 11) is -3.18. The number of hydrogen-bond acceptors (Lipinski definition) is 3. The number of hydrogen-bond donors (Lipinski definition) is 1. The second-order valence-electron chi connectivity index (χ2n) is 4.00. The predicted octanol–water partition coefficient (Wildman–Crippen LogP) is 1.01. The fraction of sp³-hybridized carbons (Fsp3) is 0.364. The molecule has 1 heterocycles. The Morgan fingerprint density at radius 3 is 2.41 bits per heavy atom. The van der Waals surface area contributed by atoms with E-state index in [4.69, 9.17) is 0 Å². The Kier molecular flexibility index (Phi) is 3.06. The Morgan fingerprint density at radius 1 is 1.24 bits per heavy atom. The van der Waals surface area contributed by atoms with Gasteiger partial charge < -0.3 is 5.32 Å². The van der Waals surface area contributed by atoms with Gasteiger partial charge in [0.1, 0.15) is 0 Å². The molecule has 1 fully saturated rings. The van der Waals surface area contributed by atoms with Crippen molar-refractivity contribution in [3.8, 4) is 0 Å². The molecular formula is C11H14N2O3S. The molecule has 2 amide bonds. The zero-order chi connectivity index (χ0) is 12.5. The quantitative estimate of drug-likeness (QED) is 0.856. The number of urea groups is 1. The molecule has 2 rings (SSSR count). The molecule has 5 nitrogen and oxygen atoms in total. The van der Waals surface area contributed by atoms with E-state index in [0.717, 1.165) is 18.4 Å². The Balaban J connectivity index is 2.26. The van der Waals surface area contributed by atoms with Crippen molar-refractivity contribution in [2.24, 2.45) is 0 Å². The number of carbonyl (C=O) groups is 1. The fourth-order valence-electron chi connectivity index (χ4n) is 1.75. The van der Waals surface area contributed by atoms with Gasteiger partial charge in [-0.15, -0.1) is 0 Å². The molecule has 0 saturated carbocycles. The van der Waals surface area contributed by atoms with Crippen LogP contribution < -0.4 is 10.2 Å². The van der Waals surface area contributed by atoms with Crippen LogP contribution in [0.5, 0.6) is 0 Å². The van der Waals surface area contributed by atoms with E-state index < -0.39 is 9.84 Å². The van der Waals surface area contributed by atoms with Crippen molar-refractivity contribution >= 4 is 21.6 Å². The smallest absolute Gasteiger partial charge is 0.321 e. The number of rotatable bonds is 2. The van der Waals surface area contributed by atoms with Crippen molar-refractivity contribution in [2.75, 3.05) is 24.2 Å². The van der Waals surface area contributed by atoms with E-state index in [2.05, 4.69) is 5.32 Å². The number of benzene rings is 1. The van der Waals surface area contributed by atoms with Gasteiger partial charge in [0.2, 0.25) is 0 Å². The second kappa shape index (κ2) is 4.37. The molecule has 0 bridgehead atoms. The molecular weight excluding hydrogens is 240 g/mol. The molecule has 6 heteroatoms. The summed E-state index contributed by atoms with van der Waals surface area (Å²) in [5.74, 6) is 0. The number of anilines is 1. The van der Waals surface area contributed by atoms with Crippen LogP contribution in [-0.2, 0) is 9.84 Å². The SMILES string of the molecule is CS(=O)(=O)c1ccc(N2CCCNC2=O)cc1. The van der Waals surface area contributed by atoms with Crippen LogP contribution in [0.1, 0.15) is 6.42 Å². The van der Waals surface area contributed by atoms with Crippen LogP contribution in [0, 0.1) is 0 Å². The van der Waals surface area contributed by atoms with Gasteiger partial charge in [0, 0.05) is 25.0 Å². The highest BCUT2D eigenvalue weighted by molar-refractivity contribution is 7.90. The van der Waals surface area contributed by atoms with Gasteiger partial charge in [0.05, 0.1) is 4.90 Å². The Morgan fingerprint density at radius 2 is 1.88 bits per heavy atom. The summed E-state index contributed by atoms with van der Waals surface area (Å²) in [4.78, 5) is 13.4. The first kappa shape index (κ1) is 11.9. The lowest BCUT2D eigenvalue weighted by Crippen LogP contribution is -2.46. The van der Waals surface area contributed by atoms with Crippen LogP contribution in [0.3, 0.4) is 0 Å². The van der Waals surface area contributed by atoms with Gasteiger partial charge in [-0.05, 0) is 30.7 Å². The summed E-state index contributed by atoms with van der Waals surface area (Å²) in [5, 5.41) is 2.74. The largest absolute Gasteiger partial charge is 0.338 e. The number of nitrogens with one attached hydrogen (secondary N) is 1. The summed E-state index contributed by atoms with van der Waals surface area (Å²) in [6, 6.07) is 6.21. The molecule has 17 heavy (non-hydrogen) atoms. The number of amides is 2. The fourth-order valence-corrected chi connectivity index (χ4v) is 2.38. The minimum atomic E-state index is -3.18. The lowest BCUT2D eigenvalue weighted by Gasteiger charge is -2.27. The lowest BCUT2D eigenvalue weighted by molar-refractivity contribution is 0.243. The molecule has 1 aromatic rings. The van der Waals surface area contributed by atoms with Crippen LogP contribution in [-0.4, -0.2) is 33.8 Å². The first-order chi connectivity index (χ1) is 7.98. The third-order valence-electron chi connectivity index (χ3n) is 2.66. The van der Waals surface area contributed by atoms with Crippen molar-refractivity contribution in [3.63, 3.8) is 0 Å². The molecule has 0 unspecified atom stereocenters. The van der Waals surface area contributed by atoms with Crippen molar-refractivity contribution in [1.82, 2.24) is 5.32 Å². The van der Waals surface area contributed by atoms with Crippen LogP contribution in [0.15, 0.2) is 29.2 Å². The number of sulfone groups is 1. The van der Waals surface area contributed by atoms with E-state index in [9.17, 15) is 13.2 Å². The highest BCUT2D eigenvalue weighted by Crippen LogP contribution is 2.19. The Labute approximate surface area is 100 Å². The van der Waals surface area contributed by atoms with Crippen molar-refractivity contribution in [1.29, 1.82) is 0 Å². The first-order valence-electron chi connectivity index (χ1n) is 5.34. The van der Waals surface area contributed by atoms with Gasteiger partial charge in [-0.2, -0.15) is 0 Å². The van der Waals surface area contributed by atoms with E-state index in [-0.39, 0.29) is 10.9 Å². The summed E-state index contributed by atoms with van der Waals surface area (Å²) >= 11 is 0. The minimum absolute atomic E-state index is 0.136. The molecule has 1 aliphatic rings. The van der Waals surface area contributed by atoms with Crippen molar-refractivity contribution in [2.45, 2.75) is 11.3 Å². The third kappa shape index (κ3) is 2.58. The number of carbonyl (C=O) groups excluding carboxylic acids is 1. The van der Waals surface area contributed by atoms with Crippen LogP contribution in [0.2, 0.25) is 0 Å². The standard InChI is InChI=1S/C11H14N2O3S/c1-17(15,16)10-5-3-9(4-6-10)13-8-2-7-12-11(13)14/h3-6H,2,7-8H2,1H3,(H,12,14). The molecule has 0 aromatic heterocycles. The molecule has 0 atom stereocenters. The highest BCUT2D eigenvalue weighted by Gasteiger charge is 2.19. The van der Waals surface area contributed by atoms with E-state index in [0.29, 0.717) is 13.1 Å². The Bertz CT molecular complexity index is 522. The average Bonchev–Trinajstić information content (AvgIpc) is 2.29. The van der Waals surface area contributed by atoms with E-state index in [1.54, 1.807) is 17.0 Å². The van der Waals surface area contributed by atoms with E-state index in [1.165, 1.54) is 12.1 Å². The van der Waals surface area contributed by atoms with Crippen LogP contribution in [0.25, 0.3) is 0 Å². The summed E-state index contributed by atoms with van der Waals surface area (Å²) in [6.07, 6.45) is 2.05. The summed E-state index contributed by atoms with van der Waals surface area (Å²) in [5.41, 5.74) is 0.717. The first-order valence-corrected chi connectivity index (χ1v) is 7.23. The maximum Gasteiger partial charge on any atom is 0.321 e. The maximum absolute atomic E-state index is 11.6. The summed E-state index contributed by atoms with van der Waals surface area (Å²) < 4.78 is 22.6. The zero-order valence-electron chi connectivity index (χ0n) is 9.51. The average molecular weight is 254 g/mol. The maximum atomic E-state index is 11.6. The van der Waals surface area contributed by atoms with Crippen LogP contribution >= 0.6 is 0 Å². The predicted molar refractivity (Wildman–Crippen MR) is 64.9 cm³/mol. The molecule has 0 radical (unpaired) electrons. The minimum Gasteiger partial charge on any atom is -0.338 e. The molecule has 0 aliphatic carbocycles. The highest BCUT2D eigenvalue weighted by atomic mass is 32.2. The molecule has 1 N–H and O–H groups in total. The second-order valence-corrected chi connectivity index (χ2v) is 6.02. The van der Waals surface area contributed by atoms with Crippen LogP contribution in [0.4, 0.5) is 10.5 Å². The van der Waals surface area contributed by atoms with Gasteiger partial charge in [-0.3, -0.25) is 4.90 Å². The van der Waals surface area contributed by atoms with Gasteiger partial charge >= 0.3 is 6.03 Å². The van der Waals surface area contributed by atoms with Gasteiger partial charge in [-0.25, -0.2) is 13.2 Å². The third-order valence-corrected chi connectivity index (χ3v) is 3.78. The number of nitrogens with zero attached hydrogens (tertiary/aromatic N) is 1. The van der Waals surface area contributed by atoms with E-state index >= 15 is 0 Å².